The average molecular weight is 587 g/mol. The van der Waals surface area contributed by atoms with Crippen LogP contribution in [0.4, 0.5) is 0 Å². The summed E-state index contributed by atoms with van der Waals surface area (Å²) in [5, 5.41) is 0. The smallest absolute Gasteiger partial charge is 0.135 e. The van der Waals surface area contributed by atoms with Gasteiger partial charge >= 0.3 is 0 Å². The molecule has 2 aliphatic rings. The van der Waals surface area contributed by atoms with Crippen molar-refractivity contribution >= 4 is 22.5 Å². The monoisotopic (exact) mass is 586 g/mol. The standard InChI is InChI=1S/C43H38O2/c1-31-15-10-11-22-39(31)37(29-32(2)33-16-6-4-7-17-33)27-25-35-20-14-21-36(43(35)44-3)26-28-38-30-42(34-18-8-5-9-19-34)45-41-24-13-12-23-40(38)41/h4-13,15-19,22-30H,2,14,20-21H2,1,3H3/b27-25+,36-26+,37-29-,38-28-. The molecule has 1 aliphatic carbocycles. The van der Waals surface area contributed by atoms with Gasteiger partial charge in [0.15, 0.2) is 0 Å². The van der Waals surface area contributed by atoms with Gasteiger partial charge in [-0.1, -0.05) is 134 Å². The zero-order valence-electron chi connectivity index (χ0n) is 26.0. The first kappa shape index (κ1) is 29.7. The summed E-state index contributed by atoms with van der Waals surface area (Å²) >= 11 is 0. The van der Waals surface area contributed by atoms with Gasteiger partial charge in [-0.15, -0.1) is 0 Å². The summed E-state index contributed by atoms with van der Waals surface area (Å²) in [7, 11) is 1.78. The lowest BCUT2D eigenvalue weighted by Gasteiger charge is -2.22. The predicted molar refractivity (Wildman–Crippen MR) is 189 cm³/mol. The molecular weight excluding hydrogens is 548 g/mol. The van der Waals surface area contributed by atoms with Crippen molar-refractivity contribution in [2.24, 2.45) is 0 Å². The number of hydrogen-bond acceptors (Lipinski definition) is 2. The van der Waals surface area contributed by atoms with Gasteiger partial charge in [0.25, 0.3) is 0 Å². The second kappa shape index (κ2) is 14.0. The van der Waals surface area contributed by atoms with E-state index in [4.69, 9.17) is 9.47 Å². The molecule has 1 aliphatic heterocycles. The van der Waals surface area contributed by atoms with E-state index >= 15 is 0 Å². The predicted octanol–water partition coefficient (Wildman–Crippen LogP) is 11.2. The minimum absolute atomic E-state index is 0.848. The molecule has 0 saturated carbocycles. The molecule has 0 aromatic heterocycles. The maximum Gasteiger partial charge on any atom is 0.135 e. The normalized spacial score (nSPS) is 16.8. The highest BCUT2D eigenvalue weighted by Gasteiger charge is 2.19. The Bertz CT molecular complexity index is 1880. The molecule has 0 bridgehead atoms. The summed E-state index contributed by atoms with van der Waals surface area (Å²) < 4.78 is 12.4. The lowest BCUT2D eigenvalue weighted by Crippen LogP contribution is -2.05. The fourth-order valence-electron chi connectivity index (χ4n) is 5.94. The average Bonchev–Trinajstić information content (AvgIpc) is 3.09. The quantitative estimate of drug-likeness (QED) is 0.191. The number of aryl methyl sites for hydroxylation is 1. The van der Waals surface area contributed by atoms with Crippen LogP contribution in [0.25, 0.3) is 22.5 Å². The summed E-state index contributed by atoms with van der Waals surface area (Å²) in [5.41, 5.74) is 11.3. The van der Waals surface area contributed by atoms with Gasteiger partial charge in [0.05, 0.1) is 7.11 Å². The SMILES string of the molecule is C=C(/C=C(/C=C/C1=C(OC)C(=C/C=C2/C=C(c3ccccc3)Oc3ccccc32)/CCC1)c1ccccc1C)c1ccccc1. The van der Waals surface area contributed by atoms with Crippen LogP contribution in [0.5, 0.6) is 5.75 Å². The summed E-state index contributed by atoms with van der Waals surface area (Å²) in [4.78, 5) is 0. The number of hydrogen-bond donors (Lipinski definition) is 0. The molecule has 0 fully saturated rings. The van der Waals surface area contributed by atoms with Crippen LogP contribution in [0.3, 0.4) is 0 Å². The summed E-state index contributed by atoms with van der Waals surface area (Å²) in [6.45, 7) is 6.55. The van der Waals surface area contributed by atoms with Crippen LogP contribution in [-0.4, -0.2) is 7.11 Å². The van der Waals surface area contributed by atoms with E-state index < -0.39 is 0 Å². The molecular formula is C43H38O2. The van der Waals surface area contributed by atoms with E-state index in [9.17, 15) is 0 Å². The van der Waals surface area contributed by atoms with E-state index in [0.717, 1.165) is 69.9 Å². The van der Waals surface area contributed by atoms with Crippen LogP contribution in [0, 0.1) is 6.92 Å². The number of para-hydroxylation sites is 1. The number of fused-ring (bicyclic) bond motifs is 1. The maximum absolute atomic E-state index is 6.30. The van der Waals surface area contributed by atoms with E-state index in [0.29, 0.717) is 0 Å². The first-order valence-corrected chi connectivity index (χ1v) is 15.5. The van der Waals surface area contributed by atoms with Gasteiger partial charge < -0.3 is 9.47 Å². The van der Waals surface area contributed by atoms with Gasteiger partial charge in [-0.3, -0.25) is 0 Å². The van der Waals surface area contributed by atoms with Crippen molar-refractivity contribution in [2.45, 2.75) is 26.2 Å². The lowest BCUT2D eigenvalue weighted by atomic mass is 9.90. The van der Waals surface area contributed by atoms with Crippen LogP contribution < -0.4 is 4.74 Å². The lowest BCUT2D eigenvalue weighted by molar-refractivity contribution is 0.289. The Morgan fingerprint density at radius 3 is 2.29 bits per heavy atom. The molecule has 0 radical (unpaired) electrons. The highest BCUT2D eigenvalue weighted by molar-refractivity contribution is 5.89. The summed E-state index contributed by atoms with van der Waals surface area (Å²) in [6.07, 6.45) is 16.2. The van der Waals surface area contributed by atoms with E-state index in [1.807, 2.05) is 36.4 Å². The van der Waals surface area contributed by atoms with Gasteiger partial charge in [0.2, 0.25) is 0 Å². The van der Waals surface area contributed by atoms with E-state index in [1.165, 1.54) is 22.3 Å². The Labute approximate surface area is 267 Å². The molecule has 222 valence electrons. The Morgan fingerprint density at radius 1 is 0.800 bits per heavy atom. The van der Waals surface area contributed by atoms with Gasteiger partial charge in [-0.05, 0) is 89.0 Å². The molecule has 1 heterocycles. The Kier molecular flexibility index (Phi) is 9.22. The second-order valence-electron chi connectivity index (χ2n) is 11.3. The highest BCUT2D eigenvalue weighted by Crippen LogP contribution is 2.38. The van der Waals surface area contributed by atoms with Crippen LogP contribution in [0.15, 0.2) is 169 Å². The molecule has 0 amide bonds. The number of methoxy groups -OCH3 is 1. The van der Waals surface area contributed by atoms with Crippen LogP contribution in [-0.2, 0) is 4.74 Å². The van der Waals surface area contributed by atoms with Gasteiger partial charge in [-0.2, -0.15) is 0 Å². The summed E-state index contributed by atoms with van der Waals surface area (Å²) in [6, 6.07) is 37.3. The fraction of sp³-hybridized carbons (Fsp3) is 0.116. The van der Waals surface area contributed by atoms with Crippen LogP contribution in [0.2, 0.25) is 0 Å². The van der Waals surface area contributed by atoms with Gasteiger partial charge in [-0.25, -0.2) is 0 Å². The van der Waals surface area contributed by atoms with Crippen molar-refractivity contribution in [3.8, 4) is 5.75 Å². The van der Waals surface area contributed by atoms with Gasteiger partial charge in [0, 0.05) is 11.1 Å². The third-order valence-corrected chi connectivity index (χ3v) is 8.30. The number of rotatable bonds is 8. The maximum atomic E-state index is 6.30. The third kappa shape index (κ3) is 6.92. The molecule has 2 heteroatoms. The van der Waals surface area contributed by atoms with E-state index in [2.05, 4.69) is 123 Å². The largest absolute Gasteiger partial charge is 0.496 e. The van der Waals surface area contributed by atoms with E-state index in [-0.39, 0.29) is 0 Å². The summed E-state index contributed by atoms with van der Waals surface area (Å²) in [5.74, 6) is 2.67. The number of benzene rings is 4. The number of allylic oxidation sites excluding steroid dienone is 11. The third-order valence-electron chi connectivity index (χ3n) is 8.30. The van der Waals surface area contributed by atoms with Crippen molar-refractivity contribution in [3.63, 3.8) is 0 Å². The fourth-order valence-corrected chi connectivity index (χ4v) is 5.94. The molecule has 0 N–H and O–H groups in total. The molecule has 0 saturated heterocycles. The molecule has 0 atom stereocenters. The van der Waals surface area contributed by atoms with Crippen molar-refractivity contribution < 1.29 is 9.47 Å². The minimum atomic E-state index is 0.848. The molecule has 0 spiro atoms. The zero-order chi connectivity index (χ0) is 31.0. The Hall–Kier alpha value is -5.34. The number of ether oxygens (including phenoxy) is 2. The van der Waals surface area contributed by atoms with Crippen LogP contribution in [0.1, 0.15) is 47.1 Å². The second-order valence-corrected chi connectivity index (χ2v) is 11.3. The topological polar surface area (TPSA) is 18.5 Å². The molecule has 2 nitrogen and oxygen atoms in total. The first-order valence-electron chi connectivity index (χ1n) is 15.5. The van der Waals surface area contributed by atoms with Crippen molar-refractivity contribution in [2.75, 3.05) is 7.11 Å². The zero-order valence-corrected chi connectivity index (χ0v) is 26.0. The Morgan fingerprint density at radius 2 is 1.51 bits per heavy atom. The van der Waals surface area contributed by atoms with Gasteiger partial charge in [0.1, 0.15) is 17.3 Å². The minimum Gasteiger partial charge on any atom is -0.496 e. The van der Waals surface area contributed by atoms with Crippen LogP contribution >= 0.6 is 0 Å². The molecule has 45 heavy (non-hydrogen) atoms. The Balaban J connectivity index is 1.36. The van der Waals surface area contributed by atoms with Crippen molar-refractivity contribution in [1.82, 2.24) is 0 Å². The van der Waals surface area contributed by atoms with E-state index in [1.54, 1.807) is 7.11 Å². The molecule has 4 aromatic carbocycles. The van der Waals surface area contributed by atoms with Crippen molar-refractivity contribution in [1.29, 1.82) is 0 Å². The molecule has 4 aromatic rings. The molecule has 0 unspecified atom stereocenters. The first-order chi connectivity index (χ1) is 22.1. The molecule has 6 rings (SSSR count). The van der Waals surface area contributed by atoms with Crippen molar-refractivity contribution in [3.05, 3.63) is 197 Å². The highest BCUT2D eigenvalue weighted by atomic mass is 16.5.